The maximum absolute atomic E-state index is 12.6. The van der Waals surface area contributed by atoms with Gasteiger partial charge in [-0.15, -0.1) is 0 Å². The minimum Gasteiger partial charge on any atom is -0.312 e. The van der Waals surface area contributed by atoms with Gasteiger partial charge >= 0.3 is 0 Å². The van der Waals surface area contributed by atoms with Crippen molar-refractivity contribution in [2.75, 3.05) is 6.54 Å². The molecule has 2 N–H and O–H groups in total. The minimum atomic E-state index is -3.46. The molecule has 0 amide bonds. The molecule has 0 aliphatic heterocycles. The largest absolute Gasteiger partial charge is 0.312 e. The molecular formula is C21H28N2O2S. The first-order chi connectivity index (χ1) is 12.6. The van der Waals surface area contributed by atoms with Crippen molar-refractivity contribution in [2.45, 2.75) is 55.5 Å². The van der Waals surface area contributed by atoms with Crippen molar-refractivity contribution in [2.24, 2.45) is 0 Å². The zero-order chi connectivity index (χ0) is 18.2. The molecule has 0 heterocycles. The molecule has 0 saturated heterocycles. The number of benzene rings is 2. The number of rotatable bonds is 8. The fourth-order valence-electron chi connectivity index (χ4n) is 3.61. The average Bonchev–Trinajstić information content (AvgIpc) is 2.68. The first-order valence-electron chi connectivity index (χ1n) is 9.50. The molecular weight excluding hydrogens is 344 g/mol. The Morgan fingerprint density at radius 3 is 2.15 bits per heavy atom. The van der Waals surface area contributed by atoms with E-state index in [-0.39, 0.29) is 12.1 Å². The van der Waals surface area contributed by atoms with Gasteiger partial charge in [-0.1, -0.05) is 61.4 Å². The van der Waals surface area contributed by atoms with Crippen LogP contribution in [0.2, 0.25) is 0 Å². The molecule has 140 valence electrons. The van der Waals surface area contributed by atoms with Crippen LogP contribution in [0, 0.1) is 0 Å². The van der Waals surface area contributed by atoms with E-state index in [4.69, 9.17) is 0 Å². The molecule has 3 rings (SSSR count). The normalized spacial score (nSPS) is 20.8. The third kappa shape index (κ3) is 5.40. The summed E-state index contributed by atoms with van der Waals surface area (Å²) in [5, 5.41) is 3.59. The second kappa shape index (κ2) is 9.31. The zero-order valence-electron chi connectivity index (χ0n) is 15.1. The van der Waals surface area contributed by atoms with Crippen LogP contribution < -0.4 is 10.0 Å². The Balaban J connectivity index is 1.53. The van der Waals surface area contributed by atoms with Gasteiger partial charge < -0.3 is 5.32 Å². The lowest BCUT2D eigenvalue weighted by Gasteiger charge is -2.32. The van der Waals surface area contributed by atoms with Gasteiger partial charge in [0.05, 0.1) is 4.90 Å². The van der Waals surface area contributed by atoms with Crippen LogP contribution in [-0.4, -0.2) is 27.0 Å². The van der Waals surface area contributed by atoms with Gasteiger partial charge in [-0.05, 0) is 49.9 Å². The predicted molar refractivity (Wildman–Crippen MR) is 106 cm³/mol. The summed E-state index contributed by atoms with van der Waals surface area (Å²) in [6, 6.07) is 19.3. The van der Waals surface area contributed by atoms with E-state index in [9.17, 15) is 8.42 Å². The Morgan fingerprint density at radius 1 is 0.846 bits per heavy atom. The lowest BCUT2D eigenvalue weighted by atomic mass is 9.91. The van der Waals surface area contributed by atoms with Crippen molar-refractivity contribution in [3.05, 3.63) is 66.2 Å². The Bertz CT molecular complexity index is 763. The fourth-order valence-corrected chi connectivity index (χ4v) is 4.94. The topological polar surface area (TPSA) is 58.2 Å². The van der Waals surface area contributed by atoms with E-state index in [1.807, 2.05) is 12.1 Å². The van der Waals surface area contributed by atoms with Crippen molar-refractivity contribution < 1.29 is 8.42 Å². The van der Waals surface area contributed by atoms with Gasteiger partial charge in [0.2, 0.25) is 10.0 Å². The molecule has 2 aromatic rings. The third-order valence-electron chi connectivity index (χ3n) is 5.02. The SMILES string of the molecule is O=S(=O)(NC1CCCCC1NCCCc1ccccc1)c1ccccc1. The van der Waals surface area contributed by atoms with Crippen molar-refractivity contribution in [3.8, 4) is 0 Å². The molecule has 4 nitrogen and oxygen atoms in total. The molecule has 0 bridgehead atoms. The van der Waals surface area contributed by atoms with Crippen molar-refractivity contribution in [1.29, 1.82) is 0 Å². The van der Waals surface area contributed by atoms with Gasteiger partial charge in [0.1, 0.15) is 0 Å². The highest BCUT2D eigenvalue weighted by Gasteiger charge is 2.29. The van der Waals surface area contributed by atoms with Gasteiger partial charge in [0, 0.05) is 12.1 Å². The van der Waals surface area contributed by atoms with Crippen molar-refractivity contribution >= 4 is 10.0 Å². The maximum Gasteiger partial charge on any atom is 0.240 e. The minimum absolute atomic E-state index is 0.0364. The molecule has 1 aliphatic rings. The lowest BCUT2D eigenvalue weighted by molar-refractivity contribution is 0.309. The van der Waals surface area contributed by atoms with Gasteiger partial charge in [-0.2, -0.15) is 0 Å². The van der Waals surface area contributed by atoms with Crippen LogP contribution in [0.1, 0.15) is 37.7 Å². The third-order valence-corrected chi connectivity index (χ3v) is 6.52. The van der Waals surface area contributed by atoms with Crippen LogP contribution in [0.25, 0.3) is 0 Å². The lowest BCUT2D eigenvalue weighted by Crippen LogP contribution is -2.51. The fraction of sp³-hybridized carbons (Fsp3) is 0.429. The second-order valence-corrected chi connectivity index (χ2v) is 8.69. The van der Waals surface area contributed by atoms with E-state index >= 15 is 0 Å². The molecule has 26 heavy (non-hydrogen) atoms. The molecule has 2 aromatic carbocycles. The van der Waals surface area contributed by atoms with Crippen LogP contribution in [0.4, 0.5) is 0 Å². The van der Waals surface area contributed by atoms with E-state index in [0.29, 0.717) is 4.90 Å². The number of hydrogen-bond acceptors (Lipinski definition) is 3. The van der Waals surface area contributed by atoms with Gasteiger partial charge in [0.25, 0.3) is 0 Å². The highest BCUT2D eigenvalue weighted by atomic mass is 32.2. The van der Waals surface area contributed by atoms with Crippen molar-refractivity contribution in [1.82, 2.24) is 10.0 Å². The van der Waals surface area contributed by atoms with E-state index in [2.05, 4.69) is 34.3 Å². The highest BCUT2D eigenvalue weighted by Crippen LogP contribution is 2.21. The molecule has 5 heteroatoms. The summed E-state index contributed by atoms with van der Waals surface area (Å²) in [5.74, 6) is 0. The zero-order valence-corrected chi connectivity index (χ0v) is 15.9. The molecule has 2 atom stereocenters. The van der Waals surface area contributed by atoms with Gasteiger partial charge in [-0.25, -0.2) is 13.1 Å². The number of nitrogens with one attached hydrogen (secondary N) is 2. The summed E-state index contributed by atoms with van der Waals surface area (Å²) in [4.78, 5) is 0.341. The van der Waals surface area contributed by atoms with Gasteiger partial charge in [0.15, 0.2) is 0 Å². The first kappa shape index (κ1) is 19.1. The predicted octanol–water partition coefficient (Wildman–Crippen LogP) is 3.50. The Kier molecular flexibility index (Phi) is 6.83. The Hall–Kier alpha value is -1.69. The molecule has 1 saturated carbocycles. The van der Waals surface area contributed by atoms with Crippen LogP contribution in [0.15, 0.2) is 65.6 Å². The first-order valence-corrected chi connectivity index (χ1v) is 11.0. The smallest absolute Gasteiger partial charge is 0.240 e. The Morgan fingerprint density at radius 2 is 1.46 bits per heavy atom. The van der Waals surface area contributed by atoms with Crippen LogP contribution in [0.5, 0.6) is 0 Å². The molecule has 1 fully saturated rings. The summed E-state index contributed by atoms with van der Waals surface area (Å²) in [7, 11) is -3.46. The summed E-state index contributed by atoms with van der Waals surface area (Å²) in [6.07, 6.45) is 6.24. The van der Waals surface area contributed by atoms with E-state index < -0.39 is 10.0 Å². The van der Waals surface area contributed by atoms with Crippen LogP contribution in [0.3, 0.4) is 0 Å². The summed E-state index contributed by atoms with van der Waals surface area (Å²) >= 11 is 0. The van der Waals surface area contributed by atoms with E-state index in [0.717, 1.165) is 45.1 Å². The standard InChI is InChI=1S/C21H28N2O2S/c24-26(25,19-13-5-2-6-14-19)23-21-16-8-7-15-20(21)22-17-9-12-18-10-3-1-4-11-18/h1-6,10-11,13-14,20-23H,7-9,12,15-17H2. The average molecular weight is 373 g/mol. The van der Waals surface area contributed by atoms with Crippen molar-refractivity contribution in [3.63, 3.8) is 0 Å². The molecule has 2 unspecified atom stereocenters. The summed E-state index contributed by atoms with van der Waals surface area (Å²) in [5.41, 5.74) is 1.35. The number of hydrogen-bond donors (Lipinski definition) is 2. The molecule has 0 spiro atoms. The maximum atomic E-state index is 12.6. The number of sulfonamides is 1. The Labute approximate surface area is 157 Å². The van der Waals surface area contributed by atoms with Gasteiger partial charge in [-0.3, -0.25) is 0 Å². The molecule has 0 aromatic heterocycles. The highest BCUT2D eigenvalue weighted by molar-refractivity contribution is 7.89. The van der Waals surface area contributed by atoms with E-state index in [1.54, 1.807) is 24.3 Å². The van der Waals surface area contributed by atoms with E-state index in [1.165, 1.54) is 5.56 Å². The quantitative estimate of drug-likeness (QED) is 0.697. The number of aryl methyl sites for hydroxylation is 1. The summed E-state index contributed by atoms with van der Waals surface area (Å²) < 4.78 is 28.2. The second-order valence-electron chi connectivity index (χ2n) is 6.98. The summed E-state index contributed by atoms with van der Waals surface area (Å²) in [6.45, 7) is 0.906. The molecule has 1 aliphatic carbocycles. The molecule has 0 radical (unpaired) electrons. The monoisotopic (exact) mass is 372 g/mol. The van der Waals surface area contributed by atoms with Crippen LogP contribution in [-0.2, 0) is 16.4 Å². The van der Waals surface area contributed by atoms with Crippen LogP contribution >= 0.6 is 0 Å².